The van der Waals surface area contributed by atoms with Gasteiger partial charge in [-0.3, -0.25) is 9.79 Å². The molecule has 1 amide bonds. The molecule has 4 heteroatoms. The average molecular weight is 211 g/mol. The lowest BCUT2D eigenvalue weighted by molar-refractivity contribution is -0.121. The second kappa shape index (κ2) is 5.73. The fraction of sp³-hybridized carbons (Fsp3) is 0.818. The minimum atomic E-state index is 0.0664. The Balaban J connectivity index is 2.13. The van der Waals surface area contributed by atoms with Crippen LogP contribution in [0, 0.1) is 5.92 Å². The molecule has 0 heterocycles. The summed E-state index contributed by atoms with van der Waals surface area (Å²) in [6.07, 6.45) is 3.72. The third kappa shape index (κ3) is 4.81. The molecule has 0 bridgehead atoms. The highest BCUT2D eigenvalue weighted by Crippen LogP contribution is 2.28. The van der Waals surface area contributed by atoms with E-state index in [4.69, 9.17) is 5.73 Å². The van der Waals surface area contributed by atoms with Crippen molar-refractivity contribution >= 4 is 11.7 Å². The first-order valence-corrected chi connectivity index (χ1v) is 5.72. The summed E-state index contributed by atoms with van der Waals surface area (Å²) in [5, 5.41) is 2.90. The molecule has 1 aliphatic carbocycles. The van der Waals surface area contributed by atoms with Crippen LogP contribution in [0.4, 0.5) is 0 Å². The van der Waals surface area contributed by atoms with Crippen molar-refractivity contribution in [3.8, 4) is 0 Å². The van der Waals surface area contributed by atoms with E-state index in [1.807, 2.05) is 13.8 Å². The van der Waals surface area contributed by atoms with Crippen molar-refractivity contribution in [1.82, 2.24) is 5.32 Å². The average Bonchev–Trinajstić information content (AvgIpc) is 3.00. The van der Waals surface area contributed by atoms with Gasteiger partial charge in [-0.25, -0.2) is 0 Å². The maximum absolute atomic E-state index is 11.4. The maximum atomic E-state index is 11.4. The zero-order chi connectivity index (χ0) is 11.3. The van der Waals surface area contributed by atoms with E-state index in [1.165, 1.54) is 0 Å². The van der Waals surface area contributed by atoms with Crippen molar-refractivity contribution in [2.24, 2.45) is 16.6 Å². The first-order chi connectivity index (χ1) is 7.13. The van der Waals surface area contributed by atoms with Gasteiger partial charge in [0.1, 0.15) is 0 Å². The van der Waals surface area contributed by atoms with Crippen LogP contribution in [0.3, 0.4) is 0 Å². The van der Waals surface area contributed by atoms with Crippen LogP contribution in [-0.2, 0) is 4.79 Å². The van der Waals surface area contributed by atoms with Crippen LogP contribution >= 0.6 is 0 Å². The third-order valence-electron chi connectivity index (χ3n) is 2.65. The number of aliphatic imine (C=N–C) groups is 1. The van der Waals surface area contributed by atoms with Gasteiger partial charge in [0.25, 0.3) is 0 Å². The molecule has 0 radical (unpaired) electrons. The summed E-state index contributed by atoms with van der Waals surface area (Å²) >= 11 is 0. The van der Waals surface area contributed by atoms with Crippen LogP contribution in [0.15, 0.2) is 4.99 Å². The van der Waals surface area contributed by atoms with Crippen molar-refractivity contribution in [2.45, 2.75) is 45.6 Å². The Morgan fingerprint density at radius 1 is 1.60 bits per heavy atom. The molecule has 1 aliphatic rings. The summed E-state index contributed by atoms with van der Waals surface area (Å²) in [6.45, 7) is 4.57. The molecule has 0 spiro atoms. The van der Waals surface area contributed by atoms with Gasteiger partial charge in [0.2, 0.25) is 5.91 Å². The molecular weight excluding hydrogens is 190 g/mol. The number of rotatable bonds is 6. The van der Waals surface area contributed by atoms with Crippen LogP contribution in [0.5, 0.6) is 0 Å². The van der Waals surface area contributed by atoms with Crippen LogP contribution < -0.4 is 11.1 Å². The molecule has 1 atom stereocenters. The van der Waals surface area contributed by atoms with E-state index in [1.54, 1.807) is 0 Å². The molecule has 1 saturated carbocycles. The highest BCUT2D eigenvalue weighted by molar-refractivity contribution is 5.85. The first kappa shape index (κ1) is 12.0. The van der Waals surface area contributed by atoms with Crippen molar-refractivity contribution in [1.29, 1.82) is 0 Å². The number of amides is 1. The van der Waals surface area contributed by atoms with Crippen molar-refractivity contribution in [3.63, 3.8) is 0 Å². The summed E-state index contributed by atoms with van der Waals surface area (Å²) < 4.78 is 0. The molecular formula is C11H21N3O. The van der Waals surface area contributed by atoms with Crippen LogP contribution in [0.1, 0.15) is 39.5 Å². The Kier molecular flexibility index (Phi) is 4.59. The van der Waals surface area contributed by atoms with E-state index in [0.717, 1.165) is 25.1 Å². The minimum Gasteiger partial charge on any atom is -0.387 e. The molecule has 1 fully saturated rings. The Labute approximate surface area is 91.3 Å². The summed E-state index contributed by atoms with van der Waals surface area (Å²) in [7, 11) is 0. The highest BCUT2D eigenvalue weighted by atomic mass is 16.1. The van der Waals surface area contributed by atoms with E-state index < -0.39 is 0 Å². The normalized spacial score (nSPS) is 18.7. The van der Waals surface area contributed by atoms with Gasteiger partial charge >= 0.3 is 0 Å². The van der Waals surface area contributed by atoms with E-state index in [2.05, 4.69) is 10.3 Å². The quantitative estimate of drug-likeness (QED) is 0.509. The Hall–Kier alpha value is -1.06. The van der Waals surface area contributed by atoms with E-state index in [9.17, 15) is 4.79 Å². The fourth-order valence-electron chi connectivity index (χ4n) is 1.24. The third-order valence-corrected chi connectivity index (χ3v) is 2.65. The Bertz CT molecular complexity index is 246. The number of hydrogen-bond donors (Lipinski definition) is 2. The monoisotopic (exact) mass is 211 g/mol. The molecule has 0 aromatic carbocycles. The van der Waals surface area contributed by atoms with E-state index >= 15 is 0 Å². The van der Waals surface area contributed by atoms with Gasteiger partial charge in [0, 0.05) is 24.9 Å². The van der Waals surface area contributed by atoms with Gasteiger partial charge in [-0.1, -0.05) is 6.92 Å². The second-order valence-corrected chi connectivity index (χ2v) is 4.21. The Morgan fingerprint density at radius 3 is 2.80 bits per heavy atom. The number of hydrogen-bond acceptors (Lipinski definition) is 2. The fourth-order valence-corrected chi connectivity index (χ4v) is 1.24. The topological polar surface area (TPSA) is 67.5 Å². The number of nitrogens with zero attached hydrogens (tertiary/aromatic N) is 1. The lowest BCUT2D eigenvalue weighted by Crippen LogP contribution is -2.32. The van der Waals surface area contributed by atoms with Gasteiger partial charge in [-0.2, -0.15) is 0 Å². The van der Waals surface area contributed by atoms with Gasteiger partial charge in [0.05, 0.1) is 5.84 Å². The number of amidine groups is 1. The van der Waals surface area contributed by atoms with Crippen LogP contribution in [0.2, 0.25) is 0 Å². The molecule has 1 unspecified atom stereocenters. The predicted octanol–water partition coefficient (Wildman–Crippen LogP) is 1.06. The van der Waals surface area contributed by atoms with Crippen LogP contribution in [-0.4, -0.2) is 24.3 Å². The van der Waals surface area contributed by atoms with Crippen molar-refractivity contribution in [3.05, 3.63) is 0 Å². The van der Waals surface area contributed by atoms with Gasteiger partial charge in [-0.05, 0) is 26.2 Å². The van der Waals surface area contributed by atoms with Gasteiger partial charge in [-0.15, -0.1) is 0 Å². The molecule has 1 rings (SSSR count). The summed E-state index contributed by atoms with van der Waals surface area (Å²) in [5.41, 5.74) is 5.71. The van der Waals surface area contributed by atoms with Crippen molar-refractivity contribution in [2.75, 3.05) is 6.54 Å². The van der Waals surface area contributed by atoms with Gasteiger partial charge < -0.3 is 11.1 Å². The van der Waals surface area contributed by atoms with E-state index in [0.29, 0.717) is 18.9 Å². The predicted molar refractivity (Wildman–Crippen MR) is 61.7 cm³/mol. The number of nitrogens with one attached hydrogen (secondary N) is 1. The minimum absolute atomic E-state index is 0.0664. The number of nitrogens with two attached hydrogens (primary N) is 1. The first-order valence-electron chi connectivity index (χ1n) is 5.72. The molecule has 3 N–H and O–H groups in total. The number of carbonyl (C=O) groups excluding carboxylic acids is 1. The molecule has 0 aromatic rings. The van der Waals surface area contributed by atoms with Crippen LogP contribution in [0.25, 0.3) is 0 Å². The standard InChI is InChI=1S/C11H21N3O/c1-3-8(2)14-10(15)6-7-13-11(12)9-4-5-9/h8-9H,3-7H2,1-2H3,(H2,12,13)(H,14,15). The largest absolute Gasteiger partial charge is 0.387 e. The van der Waals surface area contributed by atoms with Gasteiger partial charge in [0.15, 0.2) is 0 Å². The second-order valence-electron chi connectivity index (χ2n) is 4.21. The lowest BCUT2D eigenvalue weighted by Gasteiger charge is -2.10. The summed E-state index contributed by atoms with van der Waals surface area (Å²) in [5.74, 6) is 1.30. The molecule has 0 saturated heterocycles. The zero-order valence-corrected chi connectivity index (χ0v) is 9.62. The summed E-state index contributed by atoms with van der Waals surface area (Å²) in [4.78, 5) is 15.6. The summed E-state index contributed by atoms with van der Waals surface area (Å²) in [6, 6.07) is 0.252. The lowest BCUT2D eigenvalue weighted by atomic mass is 10.2. The molecule has 0 aliphatic heterocycles. The Morgan fingerprint density at radius 2 is 2.27 bits per heavy atom. The van der Waals surface area contributed by atoms with Crippen molar-refractivity contribution < 1.29 is 4.79 Å². The smallest absolute Gasteiger partial charge is 0.222 e. The molecule has 15 heavy (non-hydrogen) atoms. The molecule has 4 nitrogen and oxygen atoms in total. The number of carbonyl (C=O) groups is 1. The maximum Gasteiger partial charge on any atom is 0.222 e. The SMILES string of the molecule is CCC(C)NC(=O)CCN=C(N)C1CC1. The molecule has 0 aromatic heterocycles. The zero-order valence-electron chi connectivity index (χ0n) is 9.62. The van der Waals surface area contributed by atoms with E-state index in [-0.39, 0.29) is 11.9 Å². The molecule has 86 valence electrons. The highest BCUT2D eigenvalue weighted by Gasteiger charge is 2.25.